The number of H-pyrrole nitrogens is 1. The van der Waals surface area contributed by atoms with E-state index in [1.165, 1.54) is 11.6 Å². The average molecular weight is 203 g/mol. The summed E-state index contributed by atoms with van der Waals surface area (Å²) in [5.41, 5.74) is 3.42. The lowest BCUT2D eigenvalue weighted by Gasteiger charge is -1.95. The molecule has 0 amide bonds. The van der Waals surface area contributed by atoms with Crippen LogP contribution in [0.25, 0.3) is 10.9 Å². The molecule has 0 bridgehead atoms. The molecule has 0 saturated heterocycles. The van der Waals surface area contributed by atoms with Gasteiger partial charge in [-0.1, -0.05) is 11.6 Å². The largest absolute Gasteiger partial charge is 0.361 e. The number of fused-ring (bicyclic) bond motifs is 1. The first kappa shape index (κ1) is 9.97. The van der Waals surface area contributed by atoms with Crippen molar-refractivity contribution in [1.82, 2.24) is 4.98 Å². The van der Waals surface area contributed by atoms with Gasteiger partial charge in [0.25, 0.3) is 0 Å². The van der Waals surface area contributed by atoms with E-state index in [1.54, 1.807) is 12.1 Å². The highest BCUT2D eigenvalue weighted by atomic mass is 19.1. The Morgan fingerprint density at radius 3 is 2.93 bits per heavy atom. The number of hydrogen-bond donors (Lipinski definition) is 1. The topological polar surface area (TPSA) is 15.8 Å². The molecule has 1 heterocycles. The van der Waals surface area contributed by atoms with Crippen LogP contribution in [-0.2, 0) is 6.42 Å². The van der Waals surface area contributed by atoms with Crippen molar-refractivity contribution < 1.29 is 4.39 Å². The summed E-state index contributed by atoms with van der Waals surface area (Å²) in [6.45, 7) is 4.13. The van der Waals surface area contributed by atoms with E-state index in [1.807, 2.05) is 6.20 Å². The molecule has 15 heavy (non-hydrogen) atoms. The minimum atomic E-state index is -0.180. The Kier molecular flexibility index (Phi) is 2.58. The lowest BCUT2D eigenvalue weighted by atomic mass is 10.1. The predicted octanol–water partition coefficient (Wildman–Crippen LogP) is 3.82. The van der Waals surface area contributed by atoms with Gasteiger partial charge in [-0.05, 0) is 44.0 Å². The van der Waals surface area contributed by atoms with E-state index in [4.69, 9.17) is 0 Å². The van der Waals surface area contributed by atoms with Crippen LogP contribution < -0.4 is 0 Å². The summed E-state index contributed by atoms with van der Waals surface area (Å²) < 4.78 is 13.1. The minimum absolute atomic E-state index is 0.180. The Bertz CT molecular complexity index is 504. The van der Waals surface area contributed by atoms with Crippen molar-refractivity contribution in [2.75, 3.05) is 0 Å². The van der Waals surface area contributed by atoms with Crippen LogP contribution in [0.3, 0.4) is 0 Å². The minimum Gasteiger partial charge on any atom is -0.361 e. The zero-order valence-corrected chi connectivity index (χ0v) is 8.97. The second-order valence-electron chi connectivity index (χ2n) is 3.99. The number of aromatic nitrogens is 1. The van der Waals surface area contributed by atoms with Gasteiger partial charge >= 0.3 is 0 Å². The summed E-state index contributed by atoms with van der Waals surface area (Å²) in [6.07, 6.45) is 4.95. The van der Waals surface area contributed by atoms with Gasteiger partial charge in [-0.15, -0.1) is 0 Å². The van der Waals surface area contributed by atoms with Gasteiger partial charge in [0.15, 0.2) is 0 Å². The van der Waals surface area contributed by atoms with Crippen LogP contribution in [0, 0.1) is 5.82 Å². The molecule has 0 aliphatic heterocycles. The average Bonchev–Trinajstić information content (AvgIpc) is 2.57. The molecule has 78 valence electrons. The first-order chi connectivity index (χ1) is 7.16. The summed E-state index contributed by atoms with van der Waals surface area (Å²) in [7, 11) is 0. The maximum absolute atomic E-state index is 13.1. The molecule has 0 atom stereocenters. The SMILES string of the molecule is CC(C)=CCc1c[nH]c2ccc(F)cc12. The van der Waals surface area contributed by atoms with Crippen LogP contribution in [0.4, 0.5) is 4.39 Å². The van der Waals surface area contributed by atoms with Gasteiger partial charge in [-0.25, -0.2) is 4.39 Å². The van der Waals surface area contributed by atoms with Crippen molar-refractivity contribution in [2.45, 2.75) is 20.3 Å². The fourth-order valence-corrected chi connectivity index (χ4v) is 1.63. The van der Waals surface area contributed by atoms with E-state index < -0.39 is 0 Å². The molecule has 2 aromatic rings. The molecule has 0 saturated carbocycles. The van der Waals surface area contributed by atoms with Crippen molar-refractivity contribution >= 4 is 10.9 Å². The molecule has 0 unspecified atom stereocenters. The van der Waals surface area contributed by atoms with Gasteiger partial charge in [0.2, 0.25) is 0 Å². The standard InChI is InChI=1S/C13H14FN/c1-9(2)3-4-10-8-15-13-6-5-11(14)7-12(10)13/h3,5-8,15H,4H2,1-2H3. The normalized spacial score (nSPS) is 10.6. The number of halogens is 1. The third-order valence-corrected chi connectivity index (χ3v) is 2.46. The third-order valence-electron chi connectivity index (χ3n) is 2.46. The molecule has 0 fully saturated rings. The Morgan fingerprint density at radius 2 is 2.20 bits per heavy atom. The number of nitrogens with one attached hydrogen (secondary N) is 1. The highest BCUT2D eigenvalue weighted by molar-refractivity contribution is 5.83. The van der Waals surface area contributed by atoms with Crippen molar-refractivity contribution in [1.29, 1.82) is 0 Å². The lowest BCUT2D eigenvalue weighted by molar-refractivity contribution is 0.629. The predicted molar refractivity (Wildman–Crippen MR) is 61.4 cm³/mol. The van der Waals surface area contributed by atoms with E-state index in [2.05, 4.69) is 24.9 Å². The Labute approximate surface area is 88.6 Å². The van der Waals surface area contributed by atoms with Crippen LogP contribution >= 0.6 is 0 Å². The molecule has 0 radical (unpaired) electrons. The monoisotopic (exact) mass is 203 g/mol. The second kappa shape index (κ2) is 3.89. The van der Waals surface area contributed by atoms with E-state index >= 15 is 0 Å². The molecule has 1 aromatic heterocycles. The first-order valence-electron chi connectivity index (χ1n) is 5.05. The van der Waals surface area contributed by atoms with Crippen LogP contribution in [0.1, 0.15) is 19.4 Å². The summed E-state index contributed by atoms with van der Waals surface area (Å²) in [5.74, 6) is -0.180. The summed E-state index contributed by atoms with van der Waals surface area (Å²) in [5, 5.41) is 0.979. The van der Waals surface area contributed by atoms with Crippen molar-refractivity contribution in [3.63, 3.8) is 0 Å². The fraction of sp³-hybridized carbons (Fsp3) is 0.231. The van der Waals surface area contributed by atoms with E-state index in [0.717, 1.165) is 22.9 Å². The molecule has 2 heteroatoms. The Balaban J connectivity index is 2.43. The third kappa shape index (κ3) is 2.09. The zero-order chi connectivity index (χ0) is 10.8. The fourth-order valence-electron chi connectivity index (χ4n) is 1.63. The van der Waals surface area contributed by atoms with Gasteiger partial charge in [-0.3, -0.25) is 0 Å². The number of allylic oxidation sites excluding steroid dienone is 2. The zero-order valence-electron chi connectivity index (χ0n) is 8.97. The lowest BCUT2D eigenvalue weighted by Crippen LogP contribution is -1.80. The molecule has 1 nitrogen and oxygen atoms in total. The molecule has 0 aliphatic carbocycles. The number of aromatic amines is 1. The Morgan fingerprint density at radius 1 is 1.40 bits per heavy atom. The van der Waals surface area contributed by atoms with Crippen LogP contribution in [0.2, 0.25) is 0 Å². The van der Waals surface area contributed by atoms with Gasteiger partial charge < -0.3 is 4.98 Å². The quantitative estimate of drug-likeness (QED) is 0.714. The molecule has 0 spiro atoms. The van der Waals surface area contributed by atoms with Crippen molar-refractivity contribution in [2.24, 2.45) is 0 Å². The maximum atomic E-state index is 13.1. The summed E-state index contributed by atoms with van der Waals surface area (Å²) in [6, 6.07) is 4.83. The second-order valence-corrected chi connectivity index (χ2v) is 3.99. The van der Waals surface area contributed by atoms with Gasteiger partial charge in [-0.2, -0.15) is 0 Å². The Hall–Kier alpha value is -1.57. The van der Waals surface area contributed by atoms with Crippen molar-refractivity contribution in [3.05, 3.63) is 47.4 Å². The van der Waals surface area contributed by atoms with Crippen LogP contribution in [-0.4, -0.2) is 4.98 Å². The van der Waals surface area contributed by atoms with Crippen LogP contribution in [0.15, 0.2) is 36.0 Å². The molecular weight excluding hydrogens is 189 g/mol. The number of benzene rings is 1. The van der Waals surface area contributed by atoms with E-state index in [-0.39, 0.29) is 5.82 Å². The molecule has 0 aliphatic rings. The summed E-state index contributed by atoms with van der Waals surface area (Å²) in [4.78, 5) is 3.14. The van der Waals surface area contributed by atoms with Crippen molar-refractivity contribution in [3.8, 4) is 0 Å². The maximum Gasteiger partial charge on any atom is 0.123 e. The molecular formula is C13H14FN. The van der Waals surface area contributed by atoms with Gasteiger partial charge in [0, 0.05) is 17.1 Å². The first-order valence-corrected chi connectivity index (χ1v) is 5.05. The molecule has 1 aromatic carbocycles. The molecule has 2 rings (SSSR count). The van der Waals surface area contributed by atoms with E-state index in [0.29, 0.717) is 0 Å². The number of rotatable bonds is 2. The highest BCUT2D eigenvalue weighted by Gasteiger charge is 2.03. The summed E-state index contributed by atoms with van der Waals surface area (Å²) >= 11 is 0. The van der Waals surface area contributed by atoms with E-state index in [9.17, 15) is 4.39 Å². The van der Waals surface area contributed by atoms with Gasteiger partial charge in [0.05, 0.1) is 0 Å². The highest BCUT2D eigenvalue weighted by Crippen LogP contribution is 2.20. The molecule has 1 N–H and O–H groups in total. The van der Waals surface area contributed by atoms with Crippen LogP contribution in [0.5, 0.6) is 0 Å². The smallest absolute Gasteiger partial charge is 0.123 e. The number of hydrogen-bond acceptors (Lipinski definition) is 0. The van der Waals surface area contributed by atoms with Gasteiger partial charge in [0.1, 0.15) is 5.82 Å².